The van der Waals surface area contributed by atoms with Crippen molar-refractivity contribution in [3.8, 4) is 0 Å². The predicted octanol–water partition coefficient (Wildman–Crippen LogP) is 2.87. The maximum atomic E-state index is 12.4. The largest absolute Gasteiger partial charge is 0.467 e. The van der Waals surface area contributed by atoms with Crippen LogP contribution < -0.4 is 5.32 Å². The number of carbonyl (C=O) groups is 1. The molecule has 0 heterocycles. The Kier molecular flexibility index (Phi) is 6.37. The molecule has 21 heavy (non-hydrogen) atoms. The fourth-order valence-corrected chi connectivity index (χ4v) is 2.22. The van der Waals surface area contributed by atoms with Crippen LogP contribution in [0.4, 0.5) is 0 Å². The van der Waals surface area contributed by atoms with Crippen molar-refractivity contribution in [2.75, 3.05) is 20.8 Å². The van der Waals surface area contributed by atoms with Gasteiger partial charge in [0.15, 0.2) is 0 Å². The van der Waals surface area contributed by atoms with Crippen LogP contribution >= 0.6 is 0 Å². The van der Waals surface area contributed by atoms with E-state index in [1.54, 1.807) is 7.05 Å². The Hall–Kier alpha value is -1.39. The van der Waals surface area contributed by atoms with Gasteiger partial charge in [-0.25, -0.2) is 4.79 Å². The summed E-state index contributed by atoms with van der Waals surface area (Å²) >= 11 is 0. The first-order valence-electron chi connectivity index (χ1n) is 7.38. The molecular formula is C17H27NO3. The highest BCUT2D eigenvalue weighted by molar-refractivity contribution is 5.82. The molecule has 0 fully saturated rings. The number of esters is 1. The van der Waals surface area contributed by atoms with Crippen molar-refractivity contribution in [1.82, 2.24) is 5.32 Å². The summed E-state index contributed by atoms with van der Waals surface area (Å²) in [5, 5.41) is 3.13. The number of ether oxygens (including phenoxy) is 2. The second-order valence-electron chi connectivity index (χ2n) is 5.72. The molecule has 0 aliphatic rings. The van der Waals surface area contributed by atoms with E-state index >= 15 is 0 Å². The van der Waals surface area contributed by atoms with Gasteiger partial charge in [-0.05, 0) is 32.9 Å². The van der Waals surface area contributed by atoms with Crippen LogP contribution in [0.1, 0.15) is 39.2 Å². The van der Waals surface area contributed by atoms with E-state index in [1.165, 1.54) is 7.11 Å². The van der Waals surface area contributed by atoms with Gasteiger partial charge < -0.3 is 14.8 Å². The quantitative estimate of drug-likeness (QED) is 0.749. The molecule has 1 aromatic carbocycles. The molecule has 1 N–H and O–H groups in total. The van der Waals surface area contributed by atoms with Crippen molar-refractivity contribution in [3.63, 3.8) is 0 Å². The Bertz CT molecular complexity index is 445. The zero-order valence-corrected chi connectivity index (χ0v) is 13.7. The third-order valence-electron chi connectivity index (χ3n) is 4.05. The summed E-state index contributed by atoms with van der Waals surface area (Å²) in [4.78, 5) is 12.4. The summed E-state index contributed by atoms with van der Waals surface area (Å²) in [5.74, 6) is -0.297. The van der Waals surface area contributed by atoms with Crippen LogP contribution in [0.3, 0.4) is 0 Å². The first-order chi connectivity index (χ1) is 9.91. The summed E-state index contributed by atoms with van der Waals surface area (Å²) in [6.07, 6.45) is 1.44. The molecule has 118 valence electrons. The molecule has 1 unspecified atom stereocenters. The first kappa shape index (κ1) is 17.7. The molecule has 0 amide bonds. The third kappa shape index (κ3) is 4.29. The maximum absolute atomic E-state index is 12.4. The molecule has 4 heteroatoms. The average molecular weight is 293 g/mol. The second kappa shape index (κ2) is 7.57. The van der Waals surface area contributed by atoms with Crippen molar-refractivity contribution in [3.05, 3.63) is 35.9 Å². The fraction of sp³-hybridized carbons (Fsp3) is 0.588. The van der Waals surface area contributed by atoms with Crippen LogP contribution in [0.25, 0.3) is 0 Å². The normalized spacial score (nSPS) is 14.5. The van der Waals surface area contributed by atoms with E-state index in [9.17, 15) is 4.79 Å². The molecule has 1 aromatic rings. The van der Waals surface area contributed by atoms with Gasteiger partial charge in [-0.15, -0.1) is 0 Å². The van der Waals surface area contributed by atoms with Gasteiger partial charge in [-0.1, -0.05) is 37.3 Å². The number of nitrogens with one attached hydrogen (secondary N) is 1. The van der Waals surface area contributed by atoms with E-state index < -0.39 is 5.54 Å². The topological polar surface area (TPSA) is 47.6 Å². The third-order valence-corrected chi connectivity index (χ3v) is 4.05. The van der Waals surface area contributed by atoms with Crippen molar-refractivity contribution < 1.29 is 14.3 Å². The highest BCUT2D eigenvalue weighted by atomic mass is 16.5. The number of benzene rings is 1. The van der Waals surface area contributed by atoms with Crippen molar-refractivity contribution >= 4 is 5.97 Å². The minimum atomic E-state index is -0.875. The zero-order chi connectivity index (χ0) is 15.9. The number of likely N-dealkylation sites (N-methyl/N-ethyl adjacent to an activating group) is 1. The Labute approximate surface area is 127 Å². The fourth-order valence-electron chi connectivity index (χ4n) is 2.22. The lowest BCUT2D eigenvalue weighted by atomic mass is 9.87. The summed E-state index contributed by atoms with van der Waals surface area (Å²) in [7, 11) is 3.18. The van der Waals surface area contributed by atoms with Gasteiger partial charge in [0.25, 0.3) is 0 Å². The molecule has 0 spiro atoms. The van der Waals surface area contributed by atoms with E-state index in [0.29, 0.717) is 13.0 Å². The van der Waals surface area contributed by atoms with Crippen LogP contribution in [0.15, 0.2) is 30.3 Å². The molecule has 4 nitrogen and oxygen atoms in total. The first-order valence-corrected chi connectivity index (χ1v) is 7.38. The van der Waals surface area contributed by atoms with Crippen LogP contribution in [-0.2, 0) is 19.8 Å². The average Bonchev–Trinajstić information content (AvgIpc) is 2.52. The van der Waals surface area contributed by atoms with Gasteiger partial charge in [0.05, 0.1) is 12.7 Å². The summed E-state index contributed by atoms with van der Waals surface area (Å²) < 4.78 is 10.9. The van der Waals surface area contributed by atoms with Gasteiger partial charge in [-0.3, -0.25) is 0 Å². The molecule has 0 aliphatic carbocycles. The van der Waals surface area contributed by atoms with E-state index in [4.69, 9.17) is 9.47 Å². The van der Waals surface area contributed by atoms with Gasteiger partial charge >= 0.3 is 5.97 Å². The lowest BCUT2D eigenvalue weighted by molar-refractivity contribution is -0.150. The second-order valence-corrected chi connectivity index (χ2v) is 5.72. The van der Waals surface area contributed by atoms with Crippen molar-refractivity contribution in [2.24, 2.45) is 0 Å². The SMILES string of the molecule is CCC(C)(C)OCCC(NC)(C(=O)OC)c1ccccc1. The molecule has 0 bridgehead atoms. The van der Waals surface area contributed by atoms with E-state index in [-0.39, 0.29) is 11.6 Å². The lowest BCUT2D eigenvalue weighted by Crippen LogP contribution is -2.49. The molecule has 0 aromatic heterocycles. The lowest BCUT2D eigenvalue weighted by Gasteiger charge is -2.33. The van der Waals surface area contributed by atoms with E-state index in [1.807, 2.05) is 30.3 Å². The molecule has 0 aliphatic heterocycles. The Morgan fingerprint density at radius 2 is 1.86 bits per heavy atom. The highest BCUT2D eigenvalue weighted by Gasteiger charge is 2.40. The highest BCUT2D eigenvalue weighted by Crippen LogP contribution is 2.27. The number of methoxy groups -OCH3 is 1. The monoisotopic (exact) mass is 293 g/mol. The number of rotatable bonds is 8. The van der Waals surface area contributed by atoms with Crippen LogP contribution in [0.2, 0.25) is 0 Å². The van der Waals surface area contributed by atoms with Gasteiger partial charge in [0.2, 0.25) is 0 Å². The van der Waals surface area contributed by atoms with Crippen LogP contribution in [-0.4, -0.2) is 32.3 Å². The Morgan fingerprint density at radius 3 is 2.33 bits per heavy atom. The number of carbonyl (C=O) groups excluding carboxylic acids is 1. The minimum absolute atomic E-state index is 0.188. The standard InChI is InChI=1S/C17H27NO3/c1-6-16(2,3)21-13-12-17(18-4,15(19)20-5)14-10-8-7-9-11-14/h7-11,18H,6,12-13H2,1-5H3. The van der Waals surface area contributed by atoms with Crippen LogP contribution in [0.5, 0.6) is 0 Å². The van der Waals surface area contributed by atoms with E-state index in [2.05, 4.69) is 26.1 Å². The Balaban J connectivity index is 2.95. The van der Waals surface area contributed by atoms with Gasteiger partial charge in [-0.2, -0.15) is 0 Å². The van der Waals surface area contributed by atoms with Crippen molar-refractivity contribution in [1.29, 1.82) is 0 Å². The number of hydrogen-bond acceptors (Lipinski definition) is 4. The van der Waals surface area contributed by atoms with Gasteiger partial charge in [0, 0.05) is 13.0 Å². The number of hydrogen-bond donors (Lipinski definition) is 1. The summed E-state index contributed by atoms with van der Waals surface area (Å²) in [5.41, 5.74) is -0.177. The minimum Gasteiger partial charge on any atom is -0.467 e. The zero-order valence-electron chi connectivity index (χ0n) is 13.7. The predicted molar refractivity (Wildman–Crippen MR) is 84.1 cm³/mol. The molecular weight excluding hydrogens is 266 g/mol. The summed E-state index contributed by atoms with van der Waals surface area (Å²) in [6.45, 7) is 6.66. The van der Waals surface area contributed by atoms with Crippen LogP contribution in [0, 0.1) is 0 Å². The molecule has 1 atom stereocenters. The molecule has 0 radical (unpaired) electrons. The molecule has 0 saturated heterocycles. The summed E-state index contributed by atoms with van der Waals surface area (Å²) in [6, 6.07) is 9.62. The maximum Gasteiger partial charge on any atom is 0.330 e. The van der Waals surface area contributed by atoms with Crippen molar-refractivity contribution in [2.45, 2.75) is 44.8 Å². The Morgan fingerprint density at radius 1 is 1.24 bits per heavy atom. The smallest absolute Gasteiger partial charge is 0.330 e. The van der Waals surface area contributed by atoms with Gasteiger partial charge in [0.1, 0.15) is 5.54 Å². The molecule has 1 rings (SSSR count). The van der Waals surface area contributed by atoms with E-state index in [0.717, 1.165) is 12.0 Å². The molecule has 0 saturated carbocycles.